The van der Waals surface area contributed by atoms with E-state index in [4.69, 9.17) is 11.6 Å². The summed E-state index contributed by atoms with van der Waals surface area (Å²) < 4.78 is 0. The van der Waals surface area contributed by atoms with Crippen molar-refractivity contribution in [3.63, 3.8) is 0 Å². The van der Waals surface area contributed by atoms with E-state index < -0.39 is 0 Å². The lowest BCUT2D eigenvalue weighted by atomic mass is 10.1. The number of aromatic nitrogens is 1. The van der Waals surface area contributed by atoms with Crippen LogP contribution in [0.3, 0.4) is 0 Å². The van der Waals surface area contributed by atoms with Gasteiger partial charge in [0.15, 0.2) is 0 Å². The van der Waals surface area contributed by atoms with E-state index in [1.807, 2.05) is 30.3 Å². The smallest absolute Gasteiger partial charge is 0.254 e. The number of hydrogen-bond donors (Lipinski definition) is 0. The Kier molecular flexibility index (Phi) is 4.74. The molecule has 1 heterocycles. The fourth-order valence-electron chi connectivity index (χ4n) is 2.15. The van der Waals surface area contributed by atoms with Crippen molar-refractivity contribution < 1.29 is 4.79 Å². The monoisotopic (exact) mass is 276 g/mol. The number of benzene rings is 1. The minimum absolute atomic E-state index is 0.0288. The van der Waals surface area contributed by atoms with Crippen LogP contribution in [0.2, 0.25) is 0 Å². The van der Waals surface area contributed by atoms with Gasteiger partial charge in [-0.05, 0) is 24.6 Å². The molecule has 0 unspecified atom stereocenters. The zero-order valence-corrected chi connectivity index (χ0v) is 11.7. The van der Waals surface area contributed by atoms with E-state index in [-0.39, 0.29) is 5.91 Å². The average molecular weight is 277 g/mol. The van der Waals surface area contributed by atoms with Crippen molar-refractivity contribution >= 4 is 28.4 Å². The largest absolute Gasteiger partial charge is 0.337 e. The standard InChI is InChI=1S/C15H17ClN2O/c1-2-10-18(11-8-16)15(19)13-5-3-7-14-12(13)6-4-9-17-14/h3-7,9H,2,8,10-11H2,1H3. The van der Waals surface area contributed by atoms with E-state index >= 15 is 0 Å². The Hall–Kier alpha value is -1.61. The van der Waals surface area contributed by atoms with Crippen molar-refractivity contribution in [1.82, 2.24) is 9.88 Å². The first-order valence-electron chi connectivity index (χ1n) is 6.47. The summed E-state index contributed by atoms with van der Waals surface area (Å²) in [5.41, 5.74) is 1.54. The van der Waals surface area contributed by atoms with Gasteiger partial charge in [0.05, 0.1) is 5.52 Å². The lowest BCUT2D eigenvalue weighted by Gasteiger charge is -2.21. The maximum atomic E-state index is 12.6. The molecule has 100 valence electrons. The fourth-order valence-corrected chi connectivity index (χ4v) is 2.35. The first-order valence-corrected chi connectivity index (χ1v) is 7.00. The van der Waals surface area contributed by atoms with E-state index in [9.17, 15) is 4.79 Å². The van der Waals surface area contributed by atoms with Crippen LogP contribution in [0, 0.1) is 0 Å². The van der Waals surface area contributed by atoms with Crippen molar-refractivity contribution in [1.29, 1.82) is 0 Å². The summed E-state index contributed by atoms with van der Waals surface area (Å²) in [4.78, 5) is 18.7. The summed E-state index contributed by atoms with van der Waals surface area (Å²) in [5.74, 6) is 0.482. The van der Waals surface area contributed by atoms with Gasteiger partial charge >= 0.3 is 0 Å². The fraction of sp³-hybridized carbons (Fsp3) is 0.333. The molecule has 2 rings (SSSR count). The highest BCUT2D eigenvalue weighted by Crippen LogP contribution is 2.18. The number of carbonyl (C=O) groups is 1. The van der Waals surface area contributed by atoms with Gasteiger partial charge in [0.2, 0.25) is 0 Å². The number of pyridine rings is 1. The normalized spacial score (nSPS) is 10.6. The summed E-state index contributed by atoms with van der Waals surface area (Å²) in [5, 5.41) is 0.894. The average Bonchev–Trinajstić information content (AvgIpc) is 2.46. The first kappa shape index (κ1) is 13.8. The Bertz CT molecular complexity index is 560. The Morgan fingerprint density at radius 2 is 2.11 bits per heavy atom. The molecule has 0 saturated carbocycles. The van der Waals surface area contributed by atoms with Crippen LogP contribution in [0.5, 0.6) is 0 Å². The predicted octanol–water partition coefficient (Wildman–Crippen LogP) is 3.33. The molecule has 3 nitrogen and oxygen atoms in total. The summed E-state index contributed by atoms with van der Waals surface area (Å²) in [7, 11) is 0. The Labute approximate surface area is 118 Å². The Morgan fingerprint density at radius 1 is 1.26 bits per heavy atom. The summed E-state index contributed by atoms with van der Waals surface area (Å²) in [6.07, 6.45) is 2.66. The van der Waals surface area contributed by atoms with E-state index in [0.29, 0.717) is 18.0 Å². The van der Waals surface area contributed by atoms with Crippen molar-refractivity contribution in [3.8, 4) is 0 Å². The number of fused-ring (bicyclic) bond motifs is 1. The van der Waals surface area contributed by atoms with Gasteiger partial charge in [0.25, 0.3) is 5.91 Å². The zero-order valence-electron chi connectivity index (χ0n) is 11.0. The second-order valence-corrected chi connectivity index (χ2v) is 4.73. The van der Waals surface area contributed by atoms with E-state index in [1.165, 1.54) is 0 Å². The summed E-state index contributed by atoms with van der Waals surface area (Å²) in [6.45, 7) is 3.35. The van der Waals surface area contributed by atoms with E-state index in [0.717, 1.165) is 23.9 Å². The van der Waals surface area contributed by atoms with Gasteiger partial charge in [0, 0.05) is 36.1 Å². The molecule has 19 heavy (non-hydrogen) atoms. The van der Waals surface area contributed by atoms with Crippen molar-refractivity contribution in [2.75, 3.05) is 19.0 Å². The van der Waals surface area contributed by atoms with Gasteiger partial charge in [-0.1, -0.05) is 19.1 Å². The topological polar surface area (TPSA) is 33.2 Å². The molecule has 2 aromatic rings. The molecular formula is C15H17ClN2O. The number of halogens is 1. The van der Waals surface area contributed by atoms with Crippen LogP contribution in [-0.4, -0.2) is 34.8 Å². The van der Waals surface area contributed by atoms with Crippen LogP contribution in [0.15, 0.2) is 36.5 Å². The van der Waals surface area contributed by atoms with Crippen LogP contribution < -0.4 is 0 Å². The minimum atomic E-state index is 0.0288. The van der Waals surface area contributed by atoms with Crippen molar-refractivity contribution in [2.45, 2.75) is 13.3 Å². The highest BCUT2D eigenvalue weighted by molar-refractivity contribution is 6.18. The molecule has 0 aliphatic carbocycles. The molecule has 0 N–H and O–H groups in total. The van der Waals surface area contributed by atoms with Gasteiger partial charge < -0.3 is 4.90 Å². The van der Waals surface area contributed by atoms with Crippen molar-refractivity contribution in [3.05, 3.63) is 42.1 Å². The molecule has 1 aromatic carbocycles. The van der Waals surface area contributed by atoms with Crippen LogP contribution >= 0.6 is 11.6 Å². The molecule has 0 spiro atoms. The highest BCUT2D eigenvalue weighted by atomic mass is 35.5. The van der Waals surface area contributed by atoms with Crippen LogP contribution in [-0.2, 0) is 0 Å². The van der Waals surface area contributed by atoms with Crippen LogP contribution in [0.1, 0.15) is 23.7 Å². The second-order valence-electron chi connectivity index (χ2n) is 4.36. The first-order chi connectivity index (χ1) is 9.27. The molecular weight excluding hydrogens is 260 g/mol. The number of alkyl halides is 1. The molecule has 0 saturated heterocycles. The van der Waals surface area contributed by atoms with E-state index in [1.54, 1.807) is 11.1 Å². The molecule has 4 heteroatoms. The minimum Gasteiger partial charge on any atom is -0.337 e. The van der Waals surface area contributed by atoms with Gasteiger partial charge in [-0.2, -0.15) is 0 Å². The lowest BCUT2D eigenvalue weighted by molar-refractivity contribution is 0.0767. The van der Waals surface area contributed by atoms with Crippen molar-refractivity contribution in [2.24, 2.45) is 0 Å². The Balaban J connectivity index is 2.39. The second kappa shape index (κ2) is 6.53. The third kappa shape index (κ3) is 3.04. The number of rotatable bonds is 5. The van der Waals surface area contributed by atoms with Gasteiger partial charge in [-0.3, -0.25) is 9.78 Å². The van der Waals surface area contributed by atoms with Gasteiger partial charge in [-0.25, -0.2) is 0 Å². The molecule has 0 fully saturated rings. The third-order valence-electron chi connectivity index (χ3n) is 3.01. The third-order valence-corrected chi connectivity index (χ3v) is 3.18. The highest BCUT2D eigenvalue weighted by Gasteiger charge is 2.16. The van der Waals surface area contributed by atoms with Gasteiger partial charge in [-0.15, -0.1) is 11.6 Å². The lowest BCUT2D eigenvalue weighted by Crippen LogP contribution is -2.33. The number of carbonyl (C=O) groups excluding carboxylic acids is 1. The molecule has 0 aliphatic rings. The zero-order chi connectivity index (χ0) is 13.7. The quantitative estimate of drug-likeness (QED) is 0.785. The Morgan fingerprint density at radius 3 is 2.84 bits per heavy atom. The van der Waals surface area contributed by atoms with E-state index in [2.05, 4.69) is 11.9 Å². The maximum Gasteiger partial charge on any atom is 0.254 e. The van der Waals surface area contributed by atoms with Crippen LogP contribution in [0.4, 0.5) is 0 Å². The predicted molar refractivity (Wildman–Crippen MR) is 78.7 cm³/mol. The molecule has 0 atom stereocenters. The SMILES string of the molecule is CCCN(CCCl)C(=O)c1cccc2ncccc12. The van der Waals surface area contributed by atoms with Crippen LogP contribution in [0.25, 0.3) is 10.9 Å². The number of amides is 1. The summed E-state index contributed by atoms with van der Waals surface area (Å²) >= 11 is 5.78. The molecule has 0 aliphatic heterocycles. The number of nitrogens with zero attached hydrogens (tertiary/aromatic N) is 2. The van der Waals surface area contributed by atoms with Gasteiger partial charge in [0.1, 0.15) is 0 Å². The molecule has 1 aromatic heterocycles. The summed E-state index contributed by atoms with van der Waals surface area (Å²) in [6, 6.07) is 9.42. The molecule has 0 radical (unpaired) electrons. The number of hydrogen-bond acceptors (Lipinski definition) is 2. The molecule has 1 amide bonds. The molecule has 0 bridgehead atoms. The maximum absolute atomic E-state index is 12.6.